The molecule has 0 N–H and O–H groups in total. The molecule has 2 aromatic rings. The summed E-state index contributed by atoms with van der Waals surface area (Å²) in [5.41, 5.74) is 0.687. The van der Waals surface area contributed by atoms with Crippen molar-refractivity contribution >= 4 is 37.8 Å². The van der Waals surface area contributed by atoms with Crippen LogP contribution in [0.15, 0.2) is 43.7 Å². The number of amides is 1. The van der Waals surface area contributed by atoms with E-state index in [0.717, 1.165) is 33.3 Å². The fourth-order valence-corrected chi connectivity index (χ4v) is 3.63. The third-order valence-electron chi connectivity index (χ3n) is 3.48. The highest BCUT2D eigenvalue weighted by Crippen LogP contribution is 2.31. The van der Waals surface area contributed by atoms with Crippen LogP contribution in [-0.4, -0.2) is 16.8 Å². The lowest BCUT2D eigenvalue weighted by atomic mass is 10.2. The Morgan fingerprint density at radius 2 is 1.90 bits per heavy atom. The average Bonchev–Trinajstić information content (AvgIpc) is 3.17. The van der Waals surface area contributed by atoms with Crippen molar-refractivity contribution in [3.8, 4) is 0 Å². The fraction of sp³-hybridized carbons (Fsp3) is 0.312. The third kappa shape index (κ3) is 3.58. The number of hydrogen-bond acceptors (Lipinski definition) is 2. The number of rotatable bonds is 4. The number of furan rings is 1. The quantitative estimate of drug-likeness (QED) is 0.714. The molecular formula is C16H15Br2NO2. The summed E-state index contributed by atoms with van der Waals surface area (Å²) < 4.78 is 7.40. The van der Waals surface area contributed by atoms with Gasteiger partial charge in [0.2, 0.25) is 0 Å². The van der Waals surface area contributed by atoms with E-state index in [9.17, 15) is 4.79 Å². The van der Waals surface area contributed by atoms with Crippen LogP contribution in [0.2, 0.25) is 0 Å². The summed E-state index contributed by atoms with van der Waals surface area (Å²) in [7, 11) is 0. The Hall–Kier alpha value is -1.07. The molecule has 1 fully saturated rings. The molecule has 21 heavy (non-hydrogen) atoms. The predicted molar refractivity (Wildman–Crippen MR) is 88.2 cm³/mol. The molecule has 1 saturated carbocycles. The Balaban J connectivity index is 1.84. The third-order valence-corrected chi connectivity index (χ3v) is 4.40. The minimum absolute atomic E-state index is 0.0496. The Kier molecular flexibility index (Phi) is 4.22. The van der Waals surface area contributed by atoms with Crippen molar-refractivity contribution in [2.75, 3.05) is 0 Å². The van der Waals surface area contributed by atoms with Crippen LogP contribution >= 0.6 is 31.9 Å². The maximum Gasteiger partial charge on any atom is 0.254 e. The van der Waals surface area contributed by atoms with Gasteiger partial charge in [0.25, 0.3) is 5.91 Å². The van der Waals surface area contributed by atoms with Crippen LogP contribution in [-0.2, 0) is 6.54 Å². The van der Waals surface area contributed by atoms with E-state index >= 15 is 0 Å². The molecule has 0 spiro atoms. The second-order valence-electron chi connectivity index (χ2n) is 5.33. The fourth-order valence-electron chi connectivity index (χ4n) is 2.33. The highest BCUT2D eigenvalue weighted by Gasteiger charge is 2.33. The number of hydrogen-bond donors (Lipinski definition) is 0. The molecule has 1 heterocycles. The standard InChI is InChI=1S/C16H15Br2NO2/c1-10-2-5-15(21-10)9-19(14-3-4-14)16(20)11-6-12(17)8-13(18)7-11/h2,5-8,14H,3-4,9H2,1H3. The summed E-state index contributed by atoms with van der Waals surface area (Å²) in [5, 5.41) is 0. The van der Waals surface area contributed by atoms with Gasteiger partial charge >= 0.3 is 0 Å². The monoisotopic (exact) mass is 411 g/mol. The van der Waals surface area contributed by atoms with E-state index < -0.39 is 0 Å². The first-order chi connectivity index (χ1) is 10.0. The van der Waals surface area contributed by atoms with Gasteiger partial charge < -0.3 is 9.32 Å². The normalized spacial score (nSPS) is 14.2. The minimum atomic E-state index is 0.0496. The van der Waals surface area contributed by atoms with Crippen LogP contribution in [0.4, 0.5) is 0 Å². The number of carbonyl (C=O) groups is 1. The number of carbonyl (C=O) groups excluding carboxylic acids is 1. The average molecular weight is 413 g/mol. The lowest BCUT2D eigenvalue weighted by Crippen LogP contribution is -2.32. The van der Waals surface area contributed by atoms with Crippen LogP contribution in [0.3, 0.4) is 0 Å². The van der Waals surface area contributed by atoms with Crippen LogP contribution < -0.4 is 0 Å². The molecule has 3 nitrogen and oxygen atoms in total. The zero-order valence-corrected chi connectivity index (χ0v) is 14.8. The van der Waals surface area contributed by atoms with Gasteiger partial charge in [0.05, 0.1) is 6.54 Å². The van der Waals surface area contributed by atoms with Crippen molar-refractivity contribution in [2.45, 2.75) is 32.4 Å². The van der Waals surface area contributed by atoms with Crippen LogP contribution in [0, 0.1) is 6.92 Å². The highest BCUT2D eigenvalue weighted by molar-refractivity contribution is 9.11. The first kappa shape index (κ1) is 14.9. The Morgan fingerprint density at radius 3 is 2.43 bits per heavy atom. The lowest BCUT2D eigenvalue weighted by Gasteiger charge is -2.21. The van der Waals surface area contributed by atoms with Gasteiger partial charge in [-0.2, -0.15) is 0 Å². The molecule has 3 rings (SSSR count). The van der Waals surface area contributed by atoms with E-state index in [1.54, 1.807) is 0 Å². The van der Waals surface area contributed by atoms with E-state index in [4.69, 9.17) is 4.42 Å². The Bertz CT molecular complexity index is 656. The maximum absolute atomic E-state index is 12.8. The molecule has 1 amide bonds. The van der Waals surface area contributed by atoms with Crippen molar-refractivity contribution in [1.82, 2.24) is 4.90 Å². The van der Waals surface area contributed by atoms with E-state index in [2.05, 4.69) is 31.9 Å². The second-order valence-corrected chi connectivity index (χ2v) is 7.17. The number of aryl methyl sites for hydroxylation is 1. The van der Waals surface area contributed by atoms with Crippen molar-refractivity contribution in [2.24, 2.45) is 0 Å². The van der Waals surface area contributed by atoms with Crippen LogP contribution in [0.5, 0.6) is 0 Å². The zero-order valence-electron chi connectivity index (χ0n) is 11.6. The molecule has 1 aromatic heterocycles. The lowest BCUT2D eigenvalue weighted by molar-refractivity contribution is 0.0717. The predicted octanol–water partition coefficient (Wildman–Crippen LogP) is 4.92. The van der Waals surface area contributed by atoms with E-state index in [1.807, 2.05) is 42.2 Å². The molecule has 1 aliphatic rings. The minimum Gasteiger partial charge on any atom is -0.464 e. The molecule has 0 unspecified atom stereocenters. The van der Waals surface area contributed by atoms with Crippen molar-refractivity contribution in [3.05, 3.63) is 56.4 Å². The second kappa shape index (κ2) is 5.97. The van der Waals surface area contributed by atoms with Gasteiger partial charge in [-0.05, 0) is 50.1 Å². The van der Waals surface area contributed by atoms with Gasteiger partial charge in [-0.3, -0.25) is 4.79 Å². The number of benzene rings is 1. The summed E-state index contributed by atoms with van der Waals surface area (Å²) >= 11 is 6.87. The van der Waals surface area contributed by atoms with E-state index in [1.165, 1.54) is 0 Å². The smallest absolute Gasteiger partial charge is 0.254 e. The van der Waals surface area contributed by atoms with E-state index in [-0.39, 0.29) is 5.91 Å². The molecular weight excluding hydrogens is 398 g/mol. The highest BCUT2D eigenvalue weighted by atomic mass is 79.9. The van der Waals surface area contributed by atoms with Gasteiger partial charge in [-0.1, -0.05) is 31.9 Å². The first-order valence-corrected chi connectivity index (χ1v) is 8.44. The molecule has 0 saturated heterocycles. The molecule has 1 aliphatic carbocycles. The van der Waals surface area contributed by atoms with Crippen molar-refractivity contribution in [1.29, 1.82) is 0 Å². The van der Waals surface area contributed by atoms with Gasteiger partial charge in [0.15, 0.2) is 0 Å². The van der Waals surface area contributed by atoms with E-state index in [0.29, 0.717) is 18.2 Å². The summed E-state index contributed by atoms with van der Waals surface area (Å²) in [6.45, 7) is 2.44. The molecule has 5 heteroatoms. The van der Waals surface area contributed by atoms with Crippen molar-refractivity contribution < 1.29 is 9.21 Å². The van der Waals surface area contributed by atoms with Crippen LogP contribution in [0.25, 0.3) is 0 Å². The largest absolute Gasteiger partial charge is 0.464 e. The molecule has 0 atom stereocenters. The molecule has 1 aromatic carbocycles. The molecule has 0 bridgehead atoms. The van der Waals surface area contributed by atoms with Crippen LogP contribution in [0.1, 0.15) is 34.7 Å². The van der Waals surface area contributed by atoms with Gasteiger partial charge in [-0.25, -0.2) is 0 Å². The molecule has 0 aliphatic heterocycles. The zero-order chi connectivity index (χ0) is 15.0. The molecule has 0 radical (unpaired) electrons. The Morgan fingerprint density at radius 1 is 1.24 bits per heavy atom. The van der Waals surface area contributed by atoms with Crippen molar-refractivity contribution in [3.63, 3.8) is 0 Å². The summed E-state index contributed by atoms with van der Waals surface area (Å²) in [4.78, 5) is 14.7. The Labute approximate surface area is 140 Å². The van der Waals surface area contributed by atoms with Gasteiger partial charge in [-0.15, -0.1) is 0 Å². The SMILES string of the molecule is Cc1ccc(CN(C(=O)c2cc(Br)cc(Br)c2)C2CC2)o1. The number of halogens is 2. The summed E-state index contributed by atoms with van der Waals surface area (Å²) in [5.74, 6) is 1.76. The number of nitrogens with zero attached hydrogens (tertiary/aromatic N) is 1. The van der Waals surface area contributed by atoms with Gasteiger partial charge in [0, 0.05) is 20.6 Å². The first-order valence-electron chi connectivity index (χ1n) is 6.85. The maximum atomic E-state index is 12.8. The van der Waals surface area contributed by atoms with Gasteiger partial charge in [0.1, 0.15) is 11.5 Å². The summed E-state index contributed by atoms with van der Waals surface area (Å²) in [6.07, 6.45) is 2.14. The summed E-state index contributed by atoms with van der Waals surface area (Å²) in [6, 6.07) is 9.84. The molecule has 110 valence electrons. The topological polar surface area (TPSA) is 33.5 Å².